The van der Waals surface area contributed by atoms with Crippen molar-refractivity contribution in [2.24, 2.45) is 0 Å². The van der Waals surface area contributed by atoms with E-state index in [9.17, 15) is 18.0 Å². The van der Waals surface area contributed by atoms with Gasteiger partial charge in [0.15, 0.2) is 0 Å². The average Bonchev–Trinajstić information content (AvgIpc) is 2.34. The van der Waals surface area contributed by atoms with Crippen molar-refractivity contribution in [2.75, 3.05) is 52.8 Å². The van der Waals surface area contributed by atoms with Crippen LogP contribution in [0.2, 0.25) is 0 Å². The first-order chi connectivity index (χ1) is 8.98. The van der Waals surface area contributed by atoms with Gasteiger partial charge >= 0.3 is 12.1 Å². The highest BCUT2D eigenvalue weighted by atomic mass is 19.4. The first-order valence-corrected chi connectivity index (χ1v) is 5.67. The Morgan fingerprint density at radius 3 is 1.89 bits per heavy atom. The van der Waals surface area contributed by atoms with Gasteiger partial charge in [0.25, 0.3) is 0 Å². The van der Waals surface area contributed by atoms with Gasteiger partial charge in [-0.15, -0.1) is 0 Å². The van der Waals surface area contributed by atoms with Crippen molar-refractivity contribution >= 4 is 5.91 Å². The number of amides is 1. The van der Waals surface area contributed by atoms with Crippen molar-refractivity contribution in [1.29, 1.82) is 0 Å². The quantitative estimate of drug-likeness (QED) is 0.511. The first-order valence-electron chi connectivity index (χ1n) is 5.67. The molecule has 6 nitrogen and oxygen atoms in total. The summed E-state index contributed by atoms with van der Waals surface area (Å²) in [5.41, 5.74) is 0. The number of hydrogen-bond donors (Lipinski definition) is 2. The molecule has 0 atom stereocenters. The molecule has 114 valence electrons. The second-order valence-electron chi connectivity index (χ2n) is 3.31. The Kier molecular flexibility index (Phi) is 10.5. The van der Waals surface area contributed by atoms with E-state index in [1.807, 2.05) is 0 Å². The molecule has 0 saturated heterocycles. The molecule has 0 radical (unpaired) electrons. The predicted molar refractivity (Wildman–Crippen MR) is 58.6 cm³/mol. The number of ether oxygens (including phenoxy) is 3. The zero-order valence-corrected chi connectivity index (χ0v) is 10.4. The molecule has 0 aliphatic heterocycles. The van der Waals surface area contributed by atoms with Crippen LogP contribution in [0.25, 0.3) is 0 Å². The Labute approximate surface area is 108 Å². The summed E-state index contributed by atoms with van der Waals surface area (Å²) in [7, 11) is 0. The summed E-state index contributed by atoms with van der Waals surface area (Å²) in [5.74, 6) is -1.98. The number of aliphatic hydroxyl groups excluding tert-OH is 1. The number of hydrogen-bond acceptors (Lipinski definition) is 5. The fraction of sp³-hybridized carbons (Fsp3) is 0.900. The highest BCUT2D eigenvalue weighted by molar-refractivity contribution is 5.81. The highest BCUT2D eigenvalue weighted by Gasteiger charge is 2.38. The number of carbonyl (C=O) groups is 1. The zero-order valence-electron chi connectivity index (χ0n) is 10.4. The van der Waals surface area contributed by atoms with E-state index in [4.69, 9.17) is 19.3 Å². The van der Waals surface area contributed by atoms with E-state index >= 15 is 0 Å². The summed E-state index contributed by atoms with van der Waals surface area (Å²) < 4.78 is 50.2. The Bertz CT molecular complexity index is 238. The third-order valence-electron chi connectivity index (χ3n) is 1.77. The van der Waals surface area contributed by atoms with Gasteiger partial charge in [0.05, 0.1) is 46.2 Å². The molecule has 0 heterocycles. The molecule has 0 aromatic carbocycles. The van der Waals surface area contributed by atoms with Gasteiger partial charge in [0.2, 0.25) is 0 Å². The molecule has 0 aromatic rings. The van der Waals surface area contributed by atoms with Crippen molar-refractivity contribution < 1.29 is 37.3 Å². The summed E-state index contributed by atoms with van der Waals surface area (Å²) in [6.45, 7) is 1.14. The number of aliphatic hydroxyl groups is 1. The third-order valence-corrected chi connectivity index (χ3v) is 1.77. The minimum atomic E-state index is -4.86. The van der Waals surface area contributed by atoms with Crippen LogP contribution in [-0.4, -0.2) is 70.0 Å². The Morgan fingerprint density at radius 1 is 0.947 bits per heavy atom. The van der Waals surface area contributed by atoms with Crippen LogP contribution in [0.5, 0.6) is 0 Å². The van der Waals surface area contributed by atoms with E-state index in [1.54, 1.807) is 5.32 Å². The minimum Gasteiger partial charge on any atom is -0.394 e. The van der Waals surface area contributed by atoms with Gasteiger partial charge in [-0.25, -0.2) is 0 Å². The Morgan fingerprint density at radius 2 is 1.42 bits per heavy atom. The predicted octanol–water partition coefficient (Wildman–Crippen LogP) is -0.293. The maximum Gasteiger partial charge on any atom is 0.471 e. The number of nitrogens with one attached hydrogen (secondary N) is 1. The van der Waals surface area contributed by atoms with Crippen LogP contribution in [0, 0.1) is 0 Å². The van der Waals surface area contributed by atoms with Crippen molar-refractivity contribution in [3.63, 3.8) is 0 Å². The first kappa shape index (κ1) is 18.1. The van der Waals surface area contributed by atoms with E-state index in [0.717, 1.165) is 0 Å². The number of carbonyl (C=O) groups excluding carboxylic acids is 1. The molecule has 0 unspecified atom stereocenters. The van der Waals surface area contributed by atoms with Gasteiger partial charge in [0.1, 0.15) is 0 Å². The lowest BCUT2D eigenvalue weighted by molar-refractivity contribution is -0.173. The smallest absolute Gasteiger partial charge is 0.394 e. The van der Waals surface area contributed by atoms with Crippen LogP contribution < -0.4 is 5.32 Å². The number of alkyl halides is 3. The third kappa shape index (κ3) is 11.9. The van der Waals surface area contributed by atoms with Crippen molar-refractivity contribution in [2.45, 2.75) is 6.18 Å². The molecule has 0 saturated carbocycles. The molecule has 19 heavy (non-hydrogen) atoms. The van der Waals surface area contributed by atoms with Gasteiger partial charge in [-0.1, -0.05) is 0 Å². The molecular formula is C10H18F3NO5. The SMILES string of the molecule is O=C(NCCOCCOCCOCCO)C(F)(F)F. The lowest BCUT2D eigenvalue weighted by atomic mass is 10.5. The Balaban J connectivity index is 3.17. The van der Waals surface area contributed by atoms with Crippen LogP contribution in [0.3, 0.4) is 0 Å². The van der Waals surface area contributed by atoms with Gasteiger partial charge in [-0.05, 0) is 0 Å². The normalized spacial score (nSPS) is 11.6. The van der Waals surface area contributed by atoms with Crippen molar-refractivity contribution in [3.05, 3.63) is 0 Å². The number of rotatable bonds is 11. The second-order valence-corrected chi connectivity index (χ2v) is 3.31. The van der Waals surface area contributed by atoms with Crippen molar-refractivity contribution in [3.8, 4) is 0 Å². The Hall–Kier alpha value is -0.900. The molecule has 0 spiro atoms. The van der Waals surface area contributed by atoms with Gasteiger partial charge < -0.3 is 24.6 Å². The molecule has 9 heteroatoms. The topological polar surface area (TPSA) is 77.0 Å². The maximum absolute atomic E-state index is 11.8. The molecule has 0 rings (SSSR count). The minimum absolute atomic E-state index is 0.0216. The van der Waals surface area contributed by atoms with E-state index in [-0.39, 0.29) is 39.6 Å². The molecule has 0 fully saturated rings. The fourth-order valence-corrected chi connectivity index (χ4v) is 0.943. The summed E-state index contributed by atoms with van der Waals surface area (Å²) in [4.78, 5) is 10.4. The molecular weight excluding hydrogens is 271 g/mol. The van der Waals surface area contributed by atoms with E-state index in [0.29, 0.717) is 13.2 Å². The summed E-state index contributed by atoms with van der Waals surface area (Å²) in [6.07, 6.45) is -4.86. The van der Waals surface area contributed by atoms with Crippen molar-refractivity contribution in [1.82, 2.24) is 5.32 Å². The second kappa shape index (κ2) is 11.0. The molecule has 0 aromatic heterocycles. The molecule has 0 aliphatic rings. The lowest BCUT2D eigenvalue weighted by Gasteiger charge is -2.08. The molecule has 0 aliphatic carbocycles. The molecule has 2 N–H and O–H groups in total. The molecule has 1 amide bonds. The summed E-state index contributed by atoms with van der Waals surface area (Å²) >= 11 is 0. The highest BCUT2D eigenvalue weighted by Crippen LogP contribution is 2.13. The van der Waals surface area contributed by atoms with Crippen LogP contribution in [0.15, 0.2) is 0 Å². The summed E-state index contributed by atoms with van der Waals surface area (Å²) in [6, 6.07) is 0. The monoisotopic (exact) mass is 289 g/mol. The van der Waals surface area contributed by atoms with Crippen LogP contribution in [0.4, 0.5) is 13.2 Å². The zero-order chi connectivity index (χ0) is 14.6. The fourth-order valence-electron chi connectivity index (χ4n) is 0.943. The molecule has 0 bridgehead atoms. The summed E-state index contributed by atoms with van der Waals surface area (Å²) in [5, 5.41) is 10.1. The largest absolute Gasteiger partial charge is 0.471 e. The number of halogens is 3. The van der Waals surface area contributed by atoms with E-state index in [2.05, 4.69) is 0 Å². The maximum atomic E-state index is 11.8. The van der Waals surface area contributed by atoms with Gasteiger partial charge in [-0.2, -0.15) is 13.2 Å². The van der Waals surface area contributed by atoms with Gasteiger partial charge in [0, 0.05) is 6.54 Å². The standard InChI is InChI=1S/C10H18F3NO5/c11-10(12,13)9(16)14-1-3-17-5-7-19-8-6-18-4-2-15/h15H,1-8H2,(H,14,16). The van der Waals surface area contributed by atoms with E-state index < -0.39 is 12.1 Å². The van der Waals surface area contributed by atoms with Crippen LogP contribution in [0.1, 0.15) is 0 Å². The van der Waals surface area contributed by atoms with Crippen LogP contribution in [-0.2, 0) is 19.0 Å². The van der Waals surface area contributed by atoms with E-state index in [1.165, 1.54) is 0 Å². The van der Waals surface area contributed by atoms with Gasteiger partial charge in [-0.3, -0.25) is 4.79 Å². The lowest BCUT2D eigenvalue weighted by Crippen LogP contribution is -2.38. The van der Waals surface area contributed by atoms with Crippen LogP contribution >= 0.6 is 0 Å². The average molecular weight is 289 g/mol.